The summed E-state index contributed by atoms with van der Waals surface area (Å²) in [6.45, 7) is 4.26. The van der Waals surface area contributed by atoms with E-state index in [-0.39, 0.29) is 32.0 Å². The first-order valence-corrected chi connectivity index (χ1v) is 23.4. The standard InChI is InChI=1S/C45H82NO8P/c1-6-8-10-12-14-16-18-20-22-24-25-27-29-31-33-35-37-44(47)51-41-43(42-53-55(49,50)52-40-39-46(3,4)5)54-45(48)38-36-34-32-30-28-26-23-21-19-17-15-13-11-9-7-2/h9,11,13,15,17,19,21,23,43H,6-8,10,12,14,16,18,20,22,24-42H2,1-5H3/p+1/b11-9+,15-13+,19-17+,23-21+/t43-/m1/s1. The lowest BCUT2D eigenvalue weighted by Gasteiger charge is -2.24. The van der Waals surface area contributed by atoms with E-state index in [2.05, 4.69) is 32.1 Å². The second-order valence-corrected chi connectivity index (χ2v) is 17.3. The molecule has 0 amide bonds. The third kappa shape index (κ3) is 41.4. The predicted octanol–water partition coefficient (Wildman–Crippen LogP) is 12.3. The molecule has 55 heavy (non-hydrogen) atoms. The van der Waals surface area contributed by atoms with Gasteiger partial charge >= 0.3 is 19.8 Å². The van der Waals surface area contributed by atoms with E-state index < -0.39 is 26.5 Å². The van der Waals surface area contributed by atoms with Crippen molar-refractivity contribution in [1.82, 2.24) is 0 Å². The molecule has 0 radical (unpaired) electrons. The van der Waals surface area contributed by atoms with Crippen molar-refractivity contribution < 1.29 is 42.1 Å². The van der Waals surface area contributed by atoms with E-state index in [0.717, 1.165) is 57.8 Å². The quantitative estimate of drug-likeness (QED) is 0.0215. The van der Waals surface area contributed by atoms with Crippen LogP contribution >= 0.6 is 7.82 Å². The van der Waals surface area contributed by atoms with E-state index in [0.29, 0.717) is 17.4 Å². The summed E-state index contributed by atoms with van der Waals surface area (Å²) >= 11 is 0. The number of unbranched alkanes of at least 4 members (excludes halogenated alkanes) is 20. The zero-order chi connectivity index (χ0) is 40.7. The van der Waals surface area contributed by atoms with Gasteiger partial charge in [-0.2, -0.15) is 0 Å². The van der Waals surface area contributed by atoms with E-state index in [9.17, 15) is 19.0 Å². The minimum absolute atomic E-state index is 0.0260. The van der Waals surface area contributed by atoms with Gasteiger partial charge in [0.15, 0.2) is 6.10 Å². The molecule has 0 aliphatic carbocycles. The fourth-order valence-electron chi connectivity index (χ4n) is 5.79. The van der Waals surface area contributed by atoms with Gasteiger partial charge in [-0.25, -0.2) is 4.57 Å². The van der Waals surface area contributed by atoms with Crippen LogP contribution < -0.4 is 0 Å². The summed E-state index contributed by atoms with van der Waals surface area (Å²) < 4.78 is 34.3. The van der Waals surface area contributed by atoms with Gasteiger partial charge < -0.3 is 18.9 Å². The minimum Gasteiger partial charge on any atom is -0.462 e. The first-order valence-electron chi connectivity index (χ1n) is 21.9. The summed E-state index contributed by atoms with van der Waals surface area (Å²) in [4.78, 5) is 35.3. The monoisotopic (exact) mass is 797 g/mol. The minimum atomic E-state index is -4.38. The number of esters is 2. The lowest BCUT2D eigenvalue weighted by molar-refractivity contribution is -0.870. The first kappa shape index (κ1) is 53.0. The highest BCUT2D eigenvalue weighted by molar-refractivity contribution is 7.47. The number of carbonyl (C=O) groups is 2. The van der Waals surface area contributed by atoms with Crippen LogP contribution in [-0.4, -0.2) is 74.9 Å². The van der Waals surface area contributed by atoms with Gasteiger partial charge in [0, 0.05) is 12.8 Å². The lowest BCUT2D eigenvalue weighted by Crippen LogP contribution is -2.37. The average molecular weight is 797 g/mol. The molecule has 9 nitrogen and oxygen atoms in total. The van der Waals surface area contributed by atoms with Crippen LogP contribution in [-0.2, 0) is 32.7 Å². The van der Waals surface area contributed by atoms with Crippen molar-refractivity contribution in [3.63, 3.8) is 0 Å². The van der Waals surface area contributed by atoms with Gasteiger partial charge in [-0.05, 0) is 32.1 Å². The molecule has 1 unspecified atom stereocenters. The summed E-state index contributed by atoms with van der Waals surface area (Å²) in [5.41, 5.74) is 0. The van der Waals surface area contributed by atoms with Crippen molar-refractivity contribution in [2.24, 2.45) is 0 Å². The number of nitrogens with zero attached hydrogens (tertiary/aromatic N) is 1. The highest BCUT2D eigenvalue weighted by Gasteiger charge is 2.27. The molecule has 0 heterocycles. The molecule has 0 aliphatic rings. The summed E-state index contributed by atoms with van der Waals surface area (Å²) in [5, 5.41) is 0. The third-order valence-corrected chi connectivity index (χ3v) is 10.2. The number of rotatable bonds is 39. The SMILES string of the molecule is CC/C=C/C=C/C=C/C=C/CCCCCCCC(=O)O[C@H](COC(=O)CCCCCCCCCCCCCCCCCC)COP(=O)(O)OCC[N+](C)(C)C. The number of phosphoric acid groups is 1. The van der Waals surface area contributed by atoms with E-state index in [1.54, 1.807) is 0 Å². The van der Waals surface area contributed by atoms with E-state index in [1.807, 2.05) is 51.5 Å². The molecule has 0 aromatic rings. The van der Waals surface area contributed by atoms with Crippen LogP contribution in [0, 0.1) is 0 Å². The Labute approximate surface area is 337 Å². The summed E-state index contributed by atoms with van der Waals surface area (Å²) in [6, 6.07) is 0. The van der Waals surface area contributed by atoms with Crippen LogP contribution in [0.5, 0.6) is 0 Å². The summed E-state index contributed by atoms with van der Waals surface area (Å²) in [7, 11) is 1.46. The van der Waals surface area contributed by atoms with Crippen LogP contribution in [0.1, 0.15) is 174 Å². The molecule has 0 aliphatic heterocycles. The van der Waals surface area contributed by atoms with E-state index in [1.165, 1.54) is 83.5 Å². The largest absolute Gasteiger partial charge is 0.472 e. The second kappa shape index (κ2) is 37.5. The summed E-state index contributed by atoms with van der Waals surface area (Å²) in [6.07, 6.45) is 43.0. The average Bonchev–Trinajstić information content (AvgIpc) is 3.13. The number of phosphoric ester groups is 1. The van der Waals surface area contributed by atoms with Gasteiger partial charge in [0.25, 0.3) is 0 Å². The molecule has 0 spiro atoms. The molecule has 0 aromatic heterocycles. The molecule has 10 heteroatoms. The van der Waals surface area contributed by atoms with Crippen molar-refractivity contribution in [2.45, 2.75) is 180 Å². The molecule has 320 valence electrons. The van der Waals surface area contributed by atoms with Crippen LogP contribution in [0.15, 0.2) is 48.6 Å². The van der Waals surface area contributed by atoms with Crippen LogP contribution in [0.3, 0.4) is 0 Å². The van der Waals surface area contributed by atoms with Gasteiger partial charge in [-0.15, -0.1) is 0 Å². The molecular weight excluding hydrogens is 713 g/mol. The maximum absolute atomic E-state index is 12.7. The predicted molar refractivity (Wildman–Crippen MR) is 229 cm³/mol. The smallest absolute Gasteiger partial charge is 0.462 e. The zero-order valence-corrected chi connectivity index (χ0v) is 36.8. The number of carbonyl (C=O) groups excluding carboxylic acids is 2. The number of hydrogen-bond donors (Lipinski definition) is 1. The highest BCUT2D eigenvalue weighted by atomic mass is 31.2. The van der Waals surface area contributed by atoms with E-state index >= 15 is 0 Å². The normalized spacial score (nSPS) is 14.1. The molecule has 0 aromatic carbocycles. The van der Waals surface area contributed by atoms with Crippen LogP contribution in [0.4, 0.5) is 0 Å². The van der Waals surface area contributed by atoms with Crippen molar-refractivity contribution in [1.29, 1.82) is 0 Å². The van der Waals surface area contributed by atoms with Crippen LogP contribution in [0.2, 0.25) is 0 Å². The highest BCUT2D eigenvalue weighted by Crippen LogP contribution is 2.43. The Morgan fingerprint density at radius 3 is 1.55 bits per heavy atom. The number of allylic oxidation sites excluding steroid dienone is 8. The van der Waals surface area contributed by atoms with Crippen molar-refractivity contribution in [3.8, 4) is 0 Å². The Kier molecular flexibility index (Phi) is 36.2. The van der Waals surface area contributed by atoms with Gasteiger partial charge in [-0.3, -0.25) is 18.6 Å². The Morgan fingerprint density at radius 1 is 0.582 bits per heavy atom. The van der Waals surface area contributed by atoms with Crippen molar-refractivity contribution in [2.75, 3.05) is 47.5 Å². The molecule has 0 rings (SSSR count). The maximum Gasteiger partial charge on any atom is 0.472 e. The van der Waals surface area contributed by atoms with Crippen molar-refractivity contribution >= 4 is 19.8 Å². The Hall–Kier alpha value is -2.03. The molecule has 2 atom stereocenters. The van der Waals surface area contributed by atoms with Gasteiger partial charge in [0.1, 0.15) is 19.8 Å². The van der Waals surface area contributed by atoms with Gasteiger partial charge in [0.05, 0.1) is 27.7 Å². The Balaban J connectivity index is 4.39. The second-order valence-electron chi connectivity index (χ2n) is 15.8. The maximum atomic E-state index is 12.7. The fraction of sp³-hybridized carbons (Fsp3) is 0.778. The fourth-order valence-corrected chi connectivity index (χ4v) is 6.53. The number of ether oxygens (including phenoxy) is 2. The number of hydrogen-bond acceptors (Lipinski definition) is 7. The molecular formula is C45H83NO8P+. The molecule has 1 N–H and O–H groups in total. The number of quaternary nitrogens is 1. The van der Waals surface area contributed by atoms with Crippen LogP contribution in [0.25, 0.3) is 0 Å². The lowest BCUT2D eigenvalue weighted by atomic mass is 10.0. The first-order chi connectivity index (χ1) is 26.5. The third-order valence-electron chi connectivity index (χ3n) is 9.22. The number of likely N-dealkylation sites (N-methyl/N-ethyl adjacent to an activating group) is 1. The molecule has 0 fully saturated rings. The molecule has 0 saturated carbocycles. The topological polar surface area (TPSA) is 108 Å². The Bertz CT molecular complexity index is 1080. The van der Waals surface area contributed by atoms with Gasteiger partial charge in [0.2, 0.25) is 0 Å². The van der Waals surface area contributed by atoms with Crippen molar-refractivity contribution in [3.05, 3.63) is 48.6 Å². The zero-order valence-electron chi connectivity index (χ0n) is 35.9. The Morgan fingerprint density at radius 2 is 1.04 bits per heavy atom. The summed E-state index contributed by atoms with van der Waals surface area (Å²) in [5.74, 6) is -0.824. The van der Waals surface area contributed by atoms with E-state index in [4.69, 9.17) is 18.5 Å². The molecule has 0 saturated heterocycles. The molecule has 0 bridgehead atoms. The van der Waals surface area contributed by atoms with Gasteiger partial charge in [-0.1, -0.05) is 178 Å².